The average Bonchev–Trinajstić information content (AvgIpc) is 2.71. The van der Waals surface area contributed by atoms with Gasteiger partial charge in [-0.15, -0.1) is 0 Å². The van der Waals surface area contributed by atoms with Gasteiger partial charge in [0.05, 0.1) is 16.6 Å². The van der Waals surface area contributed by atoms with Crippen molar-refractivity contribution in [3.8, 4) is 6.07 Å². The molecule has 0 aliphatic rings. The summed E-state index contributed by atoms with van der Waals surface area (Å²) in [6.07, 6.45) is -1.14. The third kappa shape index (κ3) is 3.59. The van der Waals surface area contributed by atoms with Crippen molar-refractivity contribution in [3.63, 3.8) is 0 Å². The number of hydrogen-bond acceptors (Lipinski definition) is 6. The maximum atomic E-state index is 12.6. The lowest BCUT2D eigenvalue weighted by molar-refractivity contribution is -0.123. The molecule has 1 aromatic heterocycles. The number of fused-ring (bicyclic) bond motifs is 1. The minimum Gasteiger partial charge on any atom is -0.448 e. The van der Waals surface area contributed by atoms with Crippen LogP contribution in [-0.2, 0) is 16.6 Å². The smallest absolute Gasteiger partial charge is 0.360 e. The topological polar surface area (TPSA) is 114 Å². The zero-order valence-electron chi connectivity index (χ0n) is 15.2. The van der Waals surface area contributed by atoms with E-state index in [9.17, 15) is 14.4 Å². The van der Waals surface area contributed by atoms with Crippen LogP contribution in [-0.4, -0.2) is 27.8 Å². The van der Waals surface area contributed by atoms with Gasteiger partial charge in [0.25, 0.3) is 11.5 Å². The van der Waals surface area contributed by atoms with E-state index in [0.29, 0.717) is 22.0 Å². The molecule has 8 nitrogen and oxygen atoms in total. The Hall–Kier alpha value is -3.99. The van der Waals surface area contributed by atoms with Crippen LogP contribution in [0.1, 0.15) is 23.0 Å². The van der Waals surface area contributed by atoms with E-state index in [-0.39, 0.29) is 11.3 Å². The number of nitriles is 1. The van der Waals surface area contributed by atoms with Gasteiger partial charge in [0, 0.05) is 12.4 Å². The number of carbonyl (C=O) groups excluding carboxylic acids is 2. The second-order valence-corrected chi connectivity index (χ2v) is 6.02. The van der Waals surface area contributed by atoms with E-state index in [0.717, 1.165) is 4.68 Å². The van der Waals surface area contributed by atoms with Gasteiger partial charge in [-0.05, 0) is 25.1 Å². The van der Waals surface area contributed by atoms with Gasteiger partial charge in [0.2, 0.25) is 0 Å². The Kier molecular flexibility index (Phi) is 5.18. The van der Waals surface area contributed by atoms with Gasteiger partial charge in [-0.3, -0.25) is 9.59 Å². The molecule has 0 aliphatic heterocycles. The molecule has 0 unspecified atom stereocenters. The molecular formula is C20H16N4O4. The standard InChI is InChI=1S/C20H16N4O4/c1-12(18(25)22-16-10-6-3-7-13(16)11-21)28-20(27)17-14-8-4-5-9-15(14)19(26)24(2)23-17/h3-10,12H,1-2H3,(H,22,25)/t12-/m0/s1. The van der Waals surface area contributed by atoms with Crippen LogP contribution in [0.25, 0.3) is 10.8 Å². The Morgan fingerprint density at radius 1 is 1.14 bits per heavy atom. The molecule has 0 fully saturated rings. The molecule has 1 amide bonds. The monoisotopic (exact) mass is 376 g/mol. The molecule has 1 N–H and O–H groups in total. The molecule has 0 radical (unpaired) electrons. The fourth-order valence-corrected chi connectivity index (χ4v) is 2.64. The maximum absolute atomic E-state index is 12.6. The summed E-state index contributed by atoms with van der Waals surface area (Å²) >= 11 is 0. The molecular weight excluding hydrogens is 360 g/mol. The Bertz CT molecular complexity index is 1180. The van der Waals surface area contributed by atoms with E-state index in [1.54, 1.807) is 48.5 Å². The number of ether oxygens (including phenoxy) is 1. The highest BCUT2D eigenvalue weighted by molar-refractivity contribution is 6.03. The summed E-state index contributed by atoms with van der Waals surface area (Å²) in [5.41, 5.74) is 0.213. The summed E-state index contributed by atoms with van der Waals surface area (Å²) in [5.74, 6) is -1.42. The van der Waals surface area contributed by atoms with Crippen LogP contribution >= 0.6 is 0 Å². The fourth-order valence-electron chi connectivity index (χ4n) is 2.64. The summed E-state index contributed by atoms with van der Waals surface area (Å²) in [6, 6.07) is 15.0. The van der Waals surface area contributed by atoms with Crippen molar-refractivity contribution in [1.82, 2.24) is 9.78 Å². The van der Waals surface area contributed by atoms with Gasteiger partial charge in [0.15, 0.2) is 11.8 Å². The number of aromatic nitrogens is 2. The molecule has 3 rings (SSSR count). The molecule has 2 aromatic carbocycles. The van der Waals surface area contributed by atoms with E-state index in [1.165, 1.54) is 14.0 Å². The normalized spacial score (nSPS) is 11.5. The molecule has 0 saturated carbocycles. The van der Waals surface area contributed by atoms with Crippen LogP contribution < -0.4 is 10.9 Å². The number of nitrogens with zero attached hydrogens (tertiary/aromatic N) is 3. The lowest BCUT2D eigenvalue weighted by atomic mass is 10.1. The van der Waals surface area contributed by atoms with Crippen LogP contribution in [0.15, 0.2) is 53.3 Å². The number of amides is 1. The first-order chi connectivity index (χ1) is 13.4. The lowest BCUT2D eigenvalue weighted by Gasteiger charge is -2.15. The quantitative estimate of drug-likeness (QED) is 0.697. The number of aryl methyl sites for hydroxylation is 1. The van der Waals surface area contributed by atoms with Crippen molar-refractivity contribution in [3.05, 3.63) is 70.1 Å². The predicted molar refractivity (Wildman–Crippen MR) is 102 cm³/mol. The summed E-state index contributed by atoms with van der Waals surface area (Å²) in [7, 11) is 1.43. The molecule has 3 aromatic rings. The molecule has 0 saturated heterocycles. The Labute approximate surface area is 160 Å². The summed E-state index contributed by atoms with van der Waals surface area (Å²) < 4.78 is 6.28. The number of rotatable bonds is 4. The van der Waals surface area contributed by atoms with E-state index in [4.69, 9.17) is 10.00 Å². The molecule has 8 heteroatoms. The van der Waals surface area contributed by atoms with E-state index in [2.05, 4.69) is 10.4 Å². The van der Waals surface area contributed by atoms with Crippen molar-refractivity contribution in [2.24, 2.45) is 7.05 Å². The Morgan fingerprint density at radius 3 is 2.50 bits per heavy atom. The zero-order chi connectivity index (χ0) is 20.3. The summed E-state index contributed by atoms with van der Waals surface area (Å²) in [5, 5.41) is 16.3. The van der Waals surface area contributed by atoms with E-state index < -0.39 is 18.0 Å². The first kappa shape index (κ1) is 18.8. The van der Waals surface area contributed by atoms with Crippen molar-refractivity contribution in [1.29, 1.82) is 5.26 Å². The number of para-hydroxylation sites is 1. The van der Waals surface area contributed by atoms with Crippen molar-refractivity contribution < 1.29 is 14.3 Å². The van der Waals surface area contributed by atoms with Gasteiger partial charge in [-0.25, -0.2) is 9.48 Å². The van der Waals surface area contributed by atoms with Crippen LogP contribution in [0.2, 0.25) is 0 Å². The highest BCUT2D eigenvalue weighted by atomic mass is 16.5. The Balaban J connectivity index is 1.82. The summed E-state index contributed by atoms with van der Waals surface area (Å²) in [6.45, 7) is 1.41. The van der Waals surface area contributed by atoms with Crippen molar-refractivity contribution in [2.75, 3.05) is 5.32 Å². The minimum atomic E-state index is -1.14. The highest BCUT2D eigenvalue weighted by Gasteiger charge is 2.23. The van der Waals surface area contributed by atoms with Gasteiger partial charge >= 0.3 is 5.97 Å². The fraction of sp³-hybridized carbons (Fsp3) is 0.150. The minimum absolute atomic E-state index is 0.0604. The molecule has 0 aliphatic carbocycles. The highest BCUT2D eigenvalue weighted by Crippen LogP contribution is 2.16. The first-order valence-electron chi connectivity index (χ1n) is 8.39. The van der Waals surface area contributed by atoms with Crippen LogP contribution in [0.4, 0.5) is 5.69 Å². The second kappa shape index (κ2) is 7.72. The van der Waals surface area contributed by atoms with Crippen molar-refractivity contribution in [2.45, 2.75) is 13.0 Å². The van der Waals surface area contributed by atoms with E-state index >= 15 is 0 Å². The van der Waals surface area contributed by atoms with Crippen molar-refractivity contribution >= 4 is 28.3 Å². The maximum Gasteiger partial charge on any atom is 0.360 e. The molecule has 28 heavy (non-hydrogen) atoms. The van der Waals surface area contributed by atoms with Crippen LogP contribution in [0.5, 0.6) is 0 Å². The number of anilines is 1. The number of esters is 1. The second-order valence-electron chi connectivity index (χ2n) is 6.02. The zero-order valence-corrected chi connectivity index (χ0v) is 15.2. The van der Waals surface area contributed by atoms with E-state index in [1.807, 2.05) is 6.07 Å². The van der Waals surface area contributed by atoms with Gasteiger partial charge in [0.1, 0.15) is 6.07 Å². The Morgan fingerprint density at radius 2 is 1.79 bits per heavy atom. The third-order valence-corrected chi connectivity index (χ3v) is 4.11. The predicted octanol–water partition coefficient (Wildman–Crippen LogP) is 1.99. The molecule has 0 spiro atoms. The number of hydrogen-bond donors (Lipinski definition) is 1. The SMILES string of the molecule is C[C@H](OC(=O)c1nn(C)c(=O)c2ccccc12)C(=O)Nc1ccccc1C#N. The number of carbonyl (C=O) groups is 2. The first-order valence-corrected chi connectivity index (χ1v) is 8.39. The number of nitrogens with one attached hydrogen (secondary N) is 1. The van der Waals surface area contributed by atoms with Gasteiger partial charge in [-0.2, -0.15) is 10.4 Å². The third-order valence-electron chi connectivity index (χ3n) is 4.11. The van der Waals surface area contributed by atoms with Gasteiger partial charge < -0.3 is 10.1 Å². The number of benzene rings is 2. The molecule has 140 valence electrons. The average molecular weight is 376 g/mol. The molecule has 1 atom stereocenters. The van der Waals surface area contributed by atoms with Crippen LogP contribution in [0.3, 0.4) is 0 Å². The summed E-state index contributed by atoms with van der Waals surface area (Å²) in [4.78, 5) is 37.1. The lowest BCUT2D eigenvalue weighted by Crippen LogP contribution is -2.31. The van der Waals surface area contributed by atoms with Crippen LogP contribution in [0, 0.1) is 11.3 Å². The van der Waals surface area contributed by atoms with Gasteiger partial charge in [-0.1, -0.05) is 30.3 Å². The molecule has 1 heterocycles. The largest absolute Gasteiger partial charge is 0.448 e. The molecule has 0 bridgehead atoms.